The molecule has 0 aliphatic carbocycles. The van der Waals surface area contributed by atoms with Gasteiger partial charge in [0, 0.05) is 13.1 Å². The minimum Gasteiger partial charge on any atom is -0.495 e. The van der Waals surface area contributed by atoms with Gasteiger partial charge in [0.2, 0.25) is 5.91 Å². The number of hydrogen-bond donors (Lipinski definition) is 0. The molecule has 38 heavy (non-hydrogen) atoms. The van der Waals surface area contributed by atoms with Gasteiger partial charge in [-0.3, -0.25) is 9.10 Å². The Morgan fingerprint density at radius 1 is 0.737 bits per heavy atom. The Bertz CT molecular complexity index is 1430. The maximum absolute atomic E-state index is 14.0. The first-order valence-electron chi connectivity index (χ1n) is 12.4. The van der Waals surface area contributed by atoms with Crippen molar-refractivity contribution in [2.24, 2.45) is 0 Å². The summed E-state index contributed by atoms with van der Waals surface area (Å²) in [6, 6.07) is 31.3. The molecule has 0 heterocycles. The Morgan fingerprint density at radius 3 is 1.79 bits per heavy atom. The average Bonchev–Trinajstić information content (AvgIpc) is 2.92. The van der Waals surface area contributed by atoms with Crippen molar-refractivity contribution >= 4 is 21.6 Å². The van der Waals surface area contributed by atoms with Crippen molar-refractivity contribution in [2.75, 3.05) is 18.0 Å². The summed E-state index contributed by atoms with van der Waals surface area (Å²) >= 11 is 0. The maximum atomic E-state index is 14.0. The molecule has 4 aromatic carbocycles. The molecule has 4 rings (SSSR count). The van der Waals surface area contributed by atoms with Crippen LogP contribution in [0.4, 0.5) is 5.69 Å². The largest absolute Gasteiger partial charge is 0.495 e. The van der Waals surface area contributed by atoms with Gasteiger partial charge < -0.3 is 9.64 Å². The summed E-state index contributed by atoms with van der Waals surface area (Å²) in [5, 5.41) is 0. The number of nitrogens with zero attached hydrogens (tertiary/aromatic N) is 2. The Labute approximate surface area is 225 Å². The van der Waals surface area contributed by atoms with Gasteiger partial charge in [-0.2, -0.15) is 0 Å². The zero-order valence-electron chi connectivity index (χ0n) is 21.9. The Kier molecular flexibility index (Phi) is 8.48. The Hall–Kier alpha value is -4.10. The van der Waals surface area contributed by atoms with Crippen LogP contribution in [0.15, 0.2) is 108 Å². The summed E-state index contributed by atoms with van der Waals surface area (Å²) in [6.07, 6.45) is 0. The molecule has 0 bridgehead atoms. The molecule has 196 valence electrons. The summed E-state index contributed by atoms with van der Waals surface area (Å²) in [5.74, 6) is 0.0497. The van der Waals surface area contributed by atoms with Crippen molar-refractivity contribution in [2.45, 2.75) is 31.8 Å². The number of aryl methyl sites for hydroxylation is 2. The quantitative estimate of drug-likeness (QED) is 0.263. The molecular weight excluding hydrogens is 496 g/mol. The van der Waals surface area contributed by atoms with Gasteiger partial charge in [0.05, 0.1) is 17.7 Å². The molecule has 0 saturated carbocycles. The Morgan fingerprint density at radius 2 is 1.26 bits per heavy atom. The predicted octanol–water partition coefficient (Wildman–Crippen LogP) is 5.74. The van der Waals surface area contributed by atoms with E-state index in [4.69, 9.17) is 4.74 Å². The summed E-state index contributed by atoms with van der Waals surface area (Å²) in [4.78, 5) is 15.7. The topological polar surface area (TPSA) is 66.9 Å². The van der Waals surface area contributed by atoms with Gasteiger partial charge in [0.25, 0.3) is 10.0 Å². The zero-order chi connectivity index (χ0) is 27.1. The summed E-state index contributed by atoms with van der Waals surface area (Å²) in [7, 11) is -2.60. The van der Waals surface area contributed by atoms with Gasteiger partial charge in [-0.15, -0.1) is 0 Å². The molecule has 0 radical (unpaired) electrons. The summed E-state index contributed by atoms with van der Waals surface area (Å²) < 4.78 is 34.7. The molecular formula is C31H32N2O4S. The van der Waals surface area contributed by atoms with Crippen LogP contribution in [0.2, 0.25) is 0 Å². The number of amides is 1. The van der Waals surface area contributed by atoms with Gasteiger partial charge in [-0.1, -0.05) is 84.4 Å². The lowest BCUT2D eigenvalue weighted by Crippen LogP contribution is -2.42. The lowest BCUT2D eigenvalue weighted by molar-refractivity contribution is -0.130. The number of benzene rings is 4. The minimum atomic E-state index is -4.09. The third-order valence-corrected chi connectivity index (χ3v) is 8.05. The number of hydrogen-bond acceptors (Lipinski definition) is 4. The van der Waals surface area contributed by atoms with Crippen molar-refractivity contribution in [1.29, 1.82) is 0 Å². The fourth-order valence-corrected chi connectivity index (χ4v) is 5.61. The van der Waals surface area contributed by atoms with Gasteiger partial charge in [0.15, 0.2) is 0 Å². The van der Waals surface area contributed by atoms with Crippen molar-refractivity contribution in [3.05, 3.63) is 125 Å². The SMILES string of the molecule is COc1ccc(C)cc1N(CC(=O)N(Cc1ccccc1)Cc1ccccc1)S(=O)(=O)c1ccc(C)cc1. The molecule has 6 nitrogen and oxygen atoms in total. The molecule has 0 fully saturated rings. The lowest BCUT2D eigenvalue weighted by atomic mass is 10.1. The number of anilines is 1. The van der Waals surface area contributed by atoms with E-state index in [1.54, 1.807) is 41.3 Å². The van der Waals surface area contributed by atoms with E-state index in [0.717, 1.165) is 26.6 Å². The van der Waals surface area contributed by atoms with E-state index in [1.807, 2.05) is 80.6 Å². The number of carbonyl (C=O) groups excluding carboxylic acids is 1. The standard InChI is InChI=1S/C31H32N2O4S/c1-24-14-17-28(18-15-24)38(35,36)33(29-20-25(2)16-19-30(29)37-3)23-31(34)32(21-26-10-6-4-7-11-26)22-27-12-8-5-9-13-27/h4-20H,21-23H2,1-3H3. The van der Waals surface area contributed by atoms with Gasteiger partial charge in [-0.25, -0.2) is 8.42 Å². The van der Waals surface area contributed by atoms with Gasteiger partial charge in [0.1, 0.15) is 12.3 Å². The van der Waals surface area contributed by atoms with Crippen LogP contribution >= 0.6 is 0 Å². The van der Waals surface area contributed by atoms with Gasteiger partial charge in [-0.05, 0) is 54.8 Å². The number of ether oxygens (including phenoxy) is 1. The summed E-state index contributed by atoms with van der Waals surface area (Å²) in [6.45, 7) is 4.08. The number of carbonyl (C=O) groups is 1. The fourth-order valence-electron chi connectivity index (χ4n) is 4.19. The molecule has 4 aromatic rings. The van der Waals surface area contributed by atoms with Crippen LogP contribution in [0.25, 0.3) is 0 Å². The first-order valence-corrected chi connectivity index (χ1v) is 13.8. The van der Waals surface area contributed by atoms with Crippen LogP contribution in [-0.2, 0) is 27.9 Å². The second kappa shape index (κ2) is 12.0. The van der Waals surface area contributed by atoms with E-state index in [1.165, 1.54) is 7.11 Å². The summed E-state index contributed by atoms with van der Waals surface area (Å²) in [5.41, 5.74) is 4.02. The lowest BCUT2D eigenvalue weighted by Gasteiger charge is -2.30. The minimum absolute atomic E-state index is 0.108. The number of methoxy groups -OCH3 is 1. The highest BCUT2D eigenvalue weighted by Gasteiger charge is 2.31. The highest BCUT2D eigenvalue weighted by molar-refractivity contribution is 7.92. The molecule has 0 aromatic heterocycles. The average molecular weight is 529 g/mol. The first-order chi connectivity index (χ1) is 18.3. The smallest absolute Gasteiger partial charge is 0.264 e. The Balaban J connectivity index is 1.75. The van der Waals surface area contributed by atoms with Crippen LogP contribution in [-0.4, -0.2) is 32.9 Å². The molecule has 0 N–H and O–H groups in total. The molecule has 0 saturated heterocycles. The highest BCUT2D eigenvalue weighted by atomic mass is 32.2. The highest BCUT2D eigenvalue weighted by Crippen LogP contribution is 2.33. The third kappa shape index (κ3) is 6.42. The van der Waals surface area contributed by atoms with Crippen molar-refractivity contribution in [1.82, 2.24) is 4.90 Å². The normalized spacial score (nSPS) is 11.1. The first kappa shape index (κ1) is 26.9. The predicted molar refractivity (Wildman–Crippen MR) is 151 cm³/mol. The van der Waals surface area contributed by atoms with Crippen LogP contribution in [0.3, 0.4) is 0 Å². The van der Waals surface area contributed by atoms with Crippen LogP contribution < -0.4 is 9.04 Å². The number of rotatable bonds is 10. The molecule has 0 atom stereocenters. The van der Waals surface area contributed by atoms with E-state index in [-0.39, 0.29) is 17.3 Å². The molecule has 0 spiro atoms. The van der Waals surface area contributed by atoms with Crippen molar-refractivity contribution < 1.29 is 17.9 Å². The van der Waals surface area contributed by atoms with Crippen LogP contribution in [0.1, 0.15) is 22.3 Å². The fraction of sp³-hybridized carbons (Fsp3) is 0.194. The number of sulfonamides is 1. The van der Waals surface area contributed by atoms with Crippen molar-refractivity contribution in [3.63, 3.8) is 0 Å². The maximum Gasteiger partial charge on any atom is 0.264 e. The zero-order valence-corrected chi connectivity index (χ0v) is 22.7. The second-order valence-electron chi connectivity index (χ2n) is 9.22. The van der Waals surface area contributed by atoms with E-state index in [2.05, 4.69) is 0 Å². The molecule has 1 amide bonds. The van der Waals surface area contributed by atoms with E-state index < -0.39 is 10.0 Å². The van der Waals surface area contributed by atoms with Crippen LogP contribution in [0, 0.1) is 13.8 Å². The molecule has 0 aliphatic rings. The second-order valence-corrected chi connectivity index (χ2v) is 11.1. The molecule has 0 aliphatic heterocycles. The molecule has 0 unspecified atom stereocenters. The monoisotopic (exact) mass is 528 g/mol. The molecule has 7 heteroatoms. The third-order valence-electron chi connectivity index (χ3n) is 6.28. The van der Waals surface area contributed by atoms with E-state index in [0.29, 0.717) is 24.5 Å². The van der Waals surface area contributed by atoms with Crippen molar-refractivity contribution in [3.8, 4) is 5.75 Å². The van der Waals surface area contributed by atoms with E-state index >= 15 is 0 Å². The van der Waals surface area contributed by atoms with Crippen LogP contribution in [0.5, 0.6) is 5.75 Å². The van der Waals surface area contributed by atoms with Gasteiger partial charge >= 0.3 is 0 Å². The van der Waals surface area contributed by atoms with E-state index in [9.17, 15) is 13.2 Å².